The molecule has 0 aliphatic heterocycles. The zero-order valence-corrected chi connectivity index (χ0v) is 12.8. The van der Waals surface area contributed by atoms with E-state index in [1.807, 2.05) is 24.3 Å². The molecule has 0 aliphatic carbocycles. The Labute approximate surface area is 119 Å². The van der Waals surface area contributed by atoms with Crippen molar-refractivity contribution in [2.75, 3.05) is 7.11 Å². The summed E-state index contributed by atoms with van der Waals surface area (Å²) in [5.41, 5.74) is 7.61. The second kappa shape index (κ2) is 5.35. The van der Waals surface area contributed by atoms with Crippen molar-refractivity contribution >= 4 is 11.3 Å². The lowest BCUT2D eigenvalue weighted by Crippen LogP contribution is -2.10. The minimum Gasteiger partial charge on any atom is -0.497 e. The van der Waals surface area contributed by atoms with Crippen molar-refractivity contribution in [3.05, 3.63) is 51.7 Å². The monoisotopic (exact) mass is 275 g/mol. The van der Waals surface area contributed by atoms with Gasteiger partial charge in [0.25, 0.3) is 0 Å². The Bertz CT molecular complexity index is 554. The van der Waals surface area contributed by atoms with Gasteiger partial charge in [-0.3, -0.25) is 0 Å². The molecule has 0 amide bonds. The molecule has 2 nitrogen and oxygen atoms in total. The van der Waals surface area contributed by atoms with Gasteiger partial charge in [-0.15, -0.1) is 11.3 Å². The van der Waals surface area contributed by atoms with E-state index in [-0.39, 0.29) is 11.5 Å². The second-order valence-electron chi connectivity index (χ2n) is 5.71. The first kappa shape index (κ1) is 14.1. The van der Waals surface area contributed by atoms with Crippen LogP contribution < -0.4 is 10.5 Å². The van der Waals surface area contributed by atoms with Gasteiger partial charge in [-0.1, -0.05) is 32.9 Å². The number of hydrogen-bond donors (Lipinski definition) is 1. The van der Waals surface area contributed by atoms with Crippen molar-refractivity contribution in [3.63, 3.8) is 0 Å². The summed E-state index contributed by atoms with van der Waals surface area (Å²) in [7, 11) is 1.67. The molecule has 1 heterocycles. The molecular weight excluding hydrogens is 254 g/mol. The van der Waals surface area contributed by atoms with Gasteiger partial charge in [-0.2, -0.15) is 0 Å². The van der Waals surface area contributed by atoms with E-state index in [0.29, 0.717) is 0 Å². The third-order valence-electron chi connectivity index (χ3n) is 3.13. The zero-order chi connectivity index (χ0) is 14.0. The zero-order valence-electron chi connectivity index (χ0n) is 11.9. The van der Waals surface area contributed by atoms with E-state index in [0.717, 1.165) is 11.3 Å². The van der Waals surface area contributed by atoms with Gasteiger partial charge < -0.3 is 10.5 Å². The highest BCUT2D eigenvalue weighted by molar-refractivity contribution is 7.12. The van der Waals surface area contributed by atoms with Gasteiger partial charge >= 0.3 is 0 Å². The predicted molar refractivity (Wildman–Crippen MR) is 82.0 cm³/mol. The van der Waals surface area contributed by atoms with Crippen LogP contribution in [0.5, 0.6) is 5.75 Å². The smallest absolute Gasteiger partial charge is 0.119 e. The first-order valence-electron chi connectivity index (χ1n) is 6.41. The molecule has 0 radical (unpaired) electrons. The molecule has 1 unspecified atom stereocenters. The van der Waals surface area contributed by atoms with Crippen LogP contribution in [0.4, 0.5) is 0 Å². The van der Waals surface area contributed by atoms with Crippen LogP contribution >= 0.6 is 11.3 Å². The van der Waals surface area contributed by atoms with Crippen molar-refractivity contribution in [2.24, 2.45) is 5.73 Å². The highest BCUT2D eigenvalue weighted by Crippen LogP contribution is 2.34. The number of thiophene rings is 1. The summed E-state index contributed by atoms with van der Waals surface area (Å²) in [5.74, 6) is 0.848. The molecule has 2 aromatic rings. The number of ether oxygens (including phenoxy) is 1. The van der Waals surface area contributed by atoms with Crippen LogP contribution in [-0.2, 0) is 5.41 Å². The fourth-order valence-electron chi connectivity index (χ4n) is 1.92. The Kier molecular flexibility index (Phi) is 3.97. The average molecular weight is 275 g/mol. The van der Waals surface area contributed by atoms with Crippen LogP contribution in [0, 0.1) is 0 Å². The summed E-state index contributed by atoms with van der Waals surface area (Å²) in [5, 5.41) is 0. The summed E-state index contributed by atoms with van der Waals surface area (Å²) in [6.45, 7) is 6.67. The number of methoxy groups -OCH3 is 1. The summed E-state index contributed by atoms with van der Waals surface area (Å²) in [4.78, 5) is 2.55. The molecule has 1 aromatic carbocycles. The minimum atomic E-state index is -0.0869. The minimum absolute atomic E-state index is 0.0869. The Morgan fingerprint density at radius 2 is 1.89 bits per heavy atom. The Balaban J connectivity index is 2.28. The molecule has 0 saturated heterocycles. The molecule has 0 bridgehead atoms. The first-order valence-corrected chi connectivity index (χ1v) is 7.23. The van der Waals surface area contributed by atoms with E-state index < -0.39 is 0 Å². The van der Waals surface area contributed by atoms with Gasteiger partial charge in [0, 0.05) is 9.75 Å². The normalized spacial score (nSPS) is 13.3. The highest BCUT2D eigenvalue weighted by Gasteiger charge is 2.19. The summed E-state index contributed by atoms with van der Waals surface area (Å²) in [6, 6.07) is 12.2. The lowest BCUT2D eigenvalue weighted by Gasteiger charge is -2.16. The Morgan fingerprint density at radius 1 is 1.16 bits per heavy atom. The number of nitrogens with two attached hydrogens (primary N) is 1. The fraction of sp³-hybridized carbons (Fsp3) is 0.375. The van der Waals surface area contributed by atoms with Crippen molar-refractivity contribution in [1.82, 2.24) is 0 Å². The van der Waals surface area contributed by atoms with Crippen LogP contribution in [0.25, 0.3) is 0 Å². The van der Waals surface area contributed by atoms with E-state index >= 15 is 0 Å². The Hall–Kier alpha value is -1.32. The van der Waals surface area contributed by atoms with Gasteiger partial charge in [0.15, 0.2) is 0 Å². The van der Waals surface area contributed by atoms with Gasteiger partial charge in [0.1, 0.15) is 5.75 Å². The van der Waals surface area contributed by atoms with Gasteiger partial charge in [-0.25, -0.2) is 0 Å². The van der Waals surface area contributed by atoms with Crippen LogP contribution in [0.1, 0.15) is 42.1 Å². The van der Waals surface area contributed by atoms with E-state index in [1.54, 1.807) is 18.4 Å². The summed E-state index contributed by atoms with van der Waals surface area (Å²) < 4.78 is 5.25. The van der Waals surface area contributed by atoms with Gasteiger partial charge in [0.05, 0.1) is 13.2 Å². The van der Waals surface area contributed by atoms with Crippen molar-refractivity contribution in [1.29, 1.82) is 0 Å². The second-order valence-corrected chi connectivity index (χ2v) is 6.82. The maximum atomic E-state index is 6.35. The maximum absolute atomic E-state index is 6.35. The van der Waals surface area contributed by atoms with E-state index in [4.69, 9.17) is 10.5 Å². The topological polar surface area (TPSA) is 35.2 Å². The van der Waals surface area contributed by atoms with Crippen LogP contribution in [-0.4, -0.2) is 7.11 Å². The molecule has 2 N–H and O–H groups in total. The van der Waals surface area contributed by atoms with Crippen molar-refractivity contribution in [2.45, 2.75) is 32.2 Å². The molecule has 2 rings (SSSR count). The van der Waals surface area contributed by atoms with Gasteiger partial charge in [-0.05, 0) is 35.2 Å². The van der Waals surface area contributed by atoms with Crippen LogP contribution in [0.15, 0.2) is 36.4 Å². The van der Waals surface area contributed by atoms with E-state index in [9.17, 15) is 0 Å². The number of hydrogen-bond acceptors (Lipinski definition) is 3. The van der Waals surface area contributed by atoms with Crippen molar-refractivity contribution in [3.8, 4) is 5.75 Å². The molecule has 1 aromatic heterocycles. The molecule has 1 atom stereocenters. The average Bonchev–Trinajstić information content (AvgIpc) is 2.87. The fourth-order valence-corrected chi connectivity index (χ4v) is 3.02. The number of rotatable bonds is 3. The highest BCUT2D eigenvalue weighted by atomic mass is 32.1. The van der Waals surface area contributed by atoms with Crippen LogP contribution in [0.3, 0.4) is 0 Å². The van der Waals surface area contributed by atoms with E-state index in [2.05, 4.69) is 32.9 Å². The lowest BCUT2D eigenvalue weighted by molar-refractivity contribution is 0.414. The van der Waals surface area contributed by atoms with Crippen LogP contribution in [0.2, 0.25) is 0 Å². The van der Waals surface area contributed by atoms with Gasteiger partial charge in [0.2, 0.25) is 0 Å². The maximum Gasteiger partial charge on any atom is 0.119 e. The summed E-state index contributed by atoms with van der Waals surface area (Å²) >= 11 is 1.79. The molecule has 102 valence electrons. The quantitative estimate of drug-likeness (QED) is 0.915. The van der Waals surface area contributed by atoms with E-state index in [1.165, 1.54) is 9.75 Å². The third kappa shape index (κ3) is 3.17. The molecule has 0 spiro atoms. The first-order chi connectivity index (χ1) is 8.91. The molecular formula is C16H21NOS. The predicted octanol–water partition coefficient (Wildman–Crippen LogP) is 4.10. The summed E-state index contributed by atoms with van der Waals surface area (Å²) in [6.07, 6.45) is 0. The molecule has 0 fully saturated rings. The molecule has 0 saturated carbocycles. The molecule has 3 heteroatoms. The standard InChI is InChI=1S/C16H21NOS/c1-16(2,3)14-9-8-13(19-14)15(17)11-6-5-7-12(10-11)18-4/h5-10,15H,17H2,1-4H3. The van der Waals surface area contributed by atoms with Crippen molar-refractivity contribution < 1.29 is 4.74 Å². The number of benzene rings is 1. The SMILES string of the molecule is COc1cccc(C(N)c2ccc(C(C)(C)C)s2)c1. The lowest BCUT2D eigenvalue weighted by atomic mass is 9.95. The molecule has 0 aliphatic rings. The molecule has 19 heavy (non-hydrogen) atoms. The largest absolute Gasteiger partial charge is 0.497 e. The third-order valence-corrected chi connectivity index (χ3v) is 4.72. The Morgan fingerprint density at radius 3 is 2.47 bits per heavy atom.